The molecule has 2 fully saturated rings. The van der Waals surface area contributed by atoms with Crippen LogP contribution in [0.1, 0.15) is 69.4 Å². The van der Waals surface area contributed by atoms with Crippen molar-refractivity contribution in [1.82, 2.24) is 29.4 Å². The van der Waals surface area contributed by atoms with Crippen molar-refractivity contribution in [2.24, 2.45) is 0 Å². The molecule has 4 heterocycles. The summed E-state index contributed by atoms with van der Waals surface area (Å²) in [4.78, 5) is 26.9. The topological polar surface area (TPSA) is 134 Å². The van der Waals surface area contributed by atoms with E-state index in [4.69, 9.17) is 9.72 Å². The molecule has 2 aromatic carbocycles. The van der Waals surface area contributed by atoms with Crippen LogP contribution in [-0.2, 0) is 14.6 Å². The predicted molar refractivity (Wildman–Crippen MR) is 187 cm³/mol. The molecule has 2 aliphatic rings. The minimum Gasteiger partial charge on any atom is -0.495 e. The minimum absolute atomic E-state index is 0.189. The Morgan fingerprint density at radius 3 is 2.48 bits per heavy atom. The number of hydrogen-bond donors (Lipinski definition) is 2. The van der Waals surface area contributed by atoms with Crippen LogP contribution in [0.4, 0.5) is 23.3 Å². The fraction of sp³-hybridized carbons (Fsp3) is 0.486. The molecule has 0 unspecified atom stereocenters. The van der Waals surface area contributed by atoms with Crippen molar-refractivity contribution in [3.05, 3.63) is 59.8 Å². The van der Waals surface area contributed by atoms with Crippen molar-refractivity contribution in [3.8, 4) is 5.75 Å². The lowest BCUT2D eigenvalue weighted by Gasteiger charge is -2.33. The second-order valence-corrected chi connectivity index (χ2v) is 15.5. The zero-order chi connectivity index (χ0) is 33.8. The van der Waals surface area contributed by atoms with E-state index in [1.165, 1.54) is 36.0 Å². The van der Waals surface area contributed by atoms with E-state index >= 15 is 0 Å². The lowest BCUT2D eigenvalue weighted by Crippen LogP contribution is -2.38. The Bertz CT molecular complexity index is 1860. The van der Waals surface area contributed by atoms with Crippen molar-refractivity contribution in [2.45, 2.75) is 75.4 Å². The average Bonchev–Trinajstić information content (AvgIpc) is 3.78. The molecule has 0 bridgehead atoms. The third kappa shape index (κ3) is 7.26. The Hall–Kier alpha value is -4.23. The number of methoxy groups -OCH3 is 1. The van der Waals surface area contributed by atoms with Crippen molar-refractivity contribution >= 4 is 44.7 Å². The molecule has 0 spiro atoms. The van der Waals surface area contributed by atoms with Crippen LogP contribution in [0.15, 0.2) is 53.6 Å². The molecule has 2 aliphatic heterocycles. The van der Waals surface area contributed by atoms with E-state index in [2.05, 4.69) is 38.6 Å². The molecule has 13 heteroatoms. The van der Waals surface area contributed by atoms with E-state index in [1.807, 2.05) is 11.0 Å². The summed E-state index contributed by atoms with van der Waals surface area (Å²) in [5.41, 5.74) is 3.98. The fourth-order valence-electron chi connectivity index (χ4n) is 6.74. The number of fused-ring (bicyclic) bond motifs is 1. The van der Waals surface area contributed by atoms with Gasteiger partial charge in [-0.05, 0) is 114 Å². The van der Waals surface area contributed by atoms with Gasteiger partial charge in [-0.2, -0.15) is 19.6 Å². The smallest absolute Gasteiger partial charge is 0.233 e. The van der Waals surface area contributed by atoms with Gasteiger partial charge in [-0.3, -0.25) is 4.79 Å². The molecule has 12 nitrogen and oxygen atoms in total. The summed E-state index contributed by atoms with van der Waals surface area (Å²) >= 11 is 0. The lowest BCUT2D eigenvalue weighted by molar-refractivity contribution is -0.132. The van der Waals surface area contributed by atoms with Gasteiger partial charge < -0.3 is 25.2 Å². The van der Waals surface area contributed by atoms with Crippen LogP contribution >= 0.6 is 0 Å². The number of ether oxygens (including phenoxy) is 1. The number of carbonyl (C=O) groups excluding carboxylic acids is 1. The molecule has 0 aliphatic carbocycles. The number of rotatable bonds is 12. The summed E-state index contributed by atoms with van der Waals surface area (Å²) in [6, 6.07) is 12.7. The molecule has 2 aromatic heterocycles. The van der Waals surface area contributed by atoms with Gasteiger partial charge in [0, 0.05) is 25.6 Å². The van der Waals surface area contributed by atoms with Crippen LogP contribution in [0, 0.1) is 6.92 Å². The molecule has 2 saturated heterocycles. The Balaban J connectivity index is 1.17. The van der Waals surface area contributed by atoms with E-state index < -0.39 is 15.1 Å². The van der Waals surface area contributed by atoms with Gasteiger partial charge in [-0.15, -0.1) is 0 Å². The van der Waals surface area contributed by atoms with Crippen LogP contribution < -0.4 is 15.4 Å². The van der Waals surface area contributed by atoms with Crippen molar-refractivity contribution in [1.29, 1.82) is 0 Å². The fourth-order valence-corrected chi connectivity index (χ4v) is 7.95. The van der Waals surface area contributed by atoms with Crippen LogP contribution in [0.25, 0.3) is 5.65 Å². The quantitative estimate of drug-likeness (QED) is 0.193. The van der Waals surface area contributed by atoms with Crippen LogP contribution in [0.2, 0.25) is 0 Å². The first-order valence-corrected chi connectivity index (χ1v) is 18.5. The first-order chi connectivity index (χ1) is 23.1. The van der Waals surface area contributed by atoms with Crippen LogP contribution in [0.3, 0.4) is 0 Å². The Kier molecular flexibility index (Phi) is 10.2. The molecule has 4 aromatic rings. The maximum atomic E-state index is 13.1. The Morgan fingerprint density at radius 2 is 1.75 bits per heavy atom. The van der Waals surface area contributed by atoms with Crippen molar-refractivity contribution < 1.29 is 17.9 Å². The van der Waals surface area contributed by atoms with E-state index in [-0.39, 0.29) is 10.8 Å². The number of sulfone groups is 1. The van der Waals surface area contributed by atoms with E-state index in [1.54, 1.807) is 57.5 Å². The summed E-state index contributed by atoms with van der Waals surface area (Å²) < 4.78 is 33.6. The van der Waals surface area contributed by atoms with E-state index in [0.29, 0.717) is 47.0 Å². The van der Waals surface area contributed by atoms with Crippen LogP contribution in [0.5, 0.6) is 5.75 Å². The van der Waals surface area contributed by atoms with Gasteiger partial charge >= 0.3 is 0 Å². The van der Waals surface area contributed by atoms with Gasteiger partial charge in [0.15, 0.2) is 15.5 Å². The number of piperidine rings is 1. The van der Waals surface area contributed by atoms with Gasteiger partial charge in [-0.25, -0.2) is 8.42 Å². The summed E-state index contributed by atoms with van der Waals surface area (Å²) in [5.74, 6) is 1.88. The molecule has 48 heavy (non-hydrogen) atoms. The number of benzene rings is 2. The monoisotopic (exact) mass is 674 g/mol. The largest absolute Gasteiger partial charge is 0.495 e. The number of carbonyl (C=O) groups is 1. The van der Waals surface area contributed by atoms with Gasteiger partial charge in [0.1, 0.15) is 5.75 Å². The van der Waals surface area contributed by atoms with E-state index in [9.17, 15) is 13.2 Å². The number of nitrogens with zero attached hydrogens (tertiary/aromatic N) is 6. The molecular formula is C35H46N8O4S. The number of para-hydroxylation sites is 1. The molecule has 0 radical (unpaired) electrons. The summed E-state index contributed by atoms with van der Waals surface area (Å²) in [5, 5.41) is 10.3. The summed E-state index contributed by atoms with van der Waals surface area (Å²) in [6.07, 6.45) is 7.56. The highest BCUT2D eigenvalue weighted by atomic mass is 32.2. The summed E-state index contributed by atoms with van der Waals surface area (Å²) in [7, 11) is -1.91. The standard InChI is InChI=1S/C35H46N8O4S/c1-24(2)48(45,46)31-11-6-5-10-28(31)38-35-40-34(39-32-13-16-36-43(32)35)37-29-22-25(3)27(23-30(29)47-4)26-14-20-42(21-15-26)33(44)12-9-19-41-17-7-8-18-41/h5-6,10-11,13,16,22-24,26H,7-9,12,14-15,17-21H2,1-4H3,(H2,37,38,39,40). The van der Waals surface area contributed by atoms with Gasteiger partial charge in [-0.1, -0.05) is 12.1 Å². The van der Waals surface area contributed by atoms with Crippen molar-refractivity contribution in [2.75, 3.05) is 50.5 Å². The highest BCUT2D eigenvalue weighted by molar-refractivity contribution is 7.92. The predicted octanol–water partition coefficient (Wildman–Crippen LogP) is 5.69. The molecule has 256 valence electrons. The number of aromatic nitrogens is 4. The minimum atomic E-state index is -3.56. The average molecular weight is 675 g/mol. The van der Waals surface area contributed by atoms with Gasteiger partial charge in [0.25, 0.3) is 0 Å². The zero-order valence-corrected chi connectivity index (χ0v) is 29.1. The second-order valence-electron chi connectivity index (χ2n) is 13.0. The number of aryl methyl sites for hydroxylation is 1. The van der Waals surface area contributed by atoms with Gasteiger partial charge in [0.2, 0.25) is 17.8 Å². The molecule has 2 N–H and O–H groups in total. The van der Waals surface area contributed by atoms with Crippen LogP contribution in [-0.4, -0.2) is 88.8 Å². The number of likely N-dealkylation sites (tertiary alicyclic amines) is 2. The van der Waals surface area contributed by atoms with E-state index in [0.717, 1.165) is 44.5 Å². The third-order valence-electron chi connectivity index (χ3n) is 9.50. The maximum absolute atomic E-state index is 13.1. The highest BCUT2D eigenvalue weighted by Crippen LogP contribution is 2.38. The molecular weight excluding hydrogens is 629 g/mol. The molecule has 6 rings (SSSR count). The molecule has 0 saturated carbocycles. The highest BCUT2D eigenvalue weighted by Gasteiger charge is 2.27. The van der Waals surface area contributed by atoms with Crippen molar-refractivity contribution in [3.63, 3.8) is 0 Å². The zero-order valence-electron chi connectivity index (χ0n) is 28.3. The van der Waals surface area contributed by atoms with Gasteiger partial charge in [0.05, 0.1) is 34.8 Å². The molecule has 0 atom stereocenters. The SMILES string of the molecule is COc1cc(C2CCN(C(=O)CCCN3CCCC3)CC2)c(C)cc1Nc1nc(Nc2ccccc2S(=O)(=O)C(C)C)n2nccc2n1. The normalized spacial score (nSPS) is 16.1. The lowest BCUT2D eigenvalue weighted by atomic mass is 9.86. The second kappa shape index (κ2) is 14.5. The maximum Gasteiger partial charge on any atom is 0.233 e. The summed E-state index contributed by atoms with van der Waals surface area (Å²) in [6.45, 7) is 10.3. The Morgan fingerprint density at radius 1 is 1.00 bits per heavy atom. The number of anilines is 4. The number of nitrogens with one attached hydrogen (secondary N) is 2. The molecule has 1 amide bonds. The number of hydrogen-bond acceptors (Lipinski definition) is 10. The Labute approximate surface area is 282 Å². The number of amides is 1. The first kappa shape index (κ1) is 33.7. The third-order valence-corrected chi connectivity index (χ3v) is 11.7. The first-order valence-electron chi connectivity index (χ1n) is 16.9.